The second kappa shape index (κ2) is 7.18. The Morgan fingerprint density at radius 1 is 1.38 bits per heavy atom. The Bertz CT molecular complexity index is 746. The third-order valence-corrected chi connectivity index (χ3v) is 6.97. The van der Waals surface area contributed by atoms with E-state index in [4.69, 9.17) is 9.15 Å². The molecule has 1 N–H and O–H groups in total. The average Bonchev–Trinajstić information content (AvgIpc) is 3.35. The van der Waals surface area contributed by atoms with Gasteiger partial charge in [-0.1, -0.05) is 6.07 Å². The number of methoxy groups -OCH3 is 1. The largest absolute Gasteiger partial charge is 0.460 e. The molecule has 1 saturated carbocycles. The zero-order chi connectivity index (χ0) is 18.1. The number of rotatable bonds is 5. The van der Waals surface area contributed by atoms with Crippen LogP contribution in [0.4, 0.5) is 0 Å². The molecule has 1 spiro atoms. The van der Waals surface area contributed by atoms with Crippen molar-refractivity contribution in [3.05, 3.63) is 35.4 Å². The Morgan fingerprint density at radius 2 is 2.19 bits per heavy atom. The number of amides is 1. The maximum absolute atomic E-state index is 12.5. The summed E-state index contributed by atoms with van der Waals surface area (Å²) in [5.74, 6) is 1.88. The zero-order valence-corrected chi connectivity index (χ0v) is 15.8. The highest BCUT2D eigenvalue weighted by Crippen LogP contribution is 2.50. The number of aliphatic hydroxyl groups excluding tert-OH is 1. The normalized spacial score (nSPS) is 24.6. The van der Waals surface area contributed by atoms with E-state index in [9.17, 15) is 9.90 Å². The second-order valence-corrected chi connectivity index (χ2v) is 8.28. The number of carbonyl (C=O) groups excluding carboxylic acids is 1. The molecule has 2 aliphatic rings. The predicted molar refractivity (Wildman–Crippen MR) is 100 cm³/mol. The average molecular weight is 375 g/mol. The molecule has 0 aromatic carbocycles. The predicted octanol–water partition coefficient (Wildman–Crippen LogP) is 3.33. The van der Waals surface area contributed by atoms with Crippen molar-refractivity contribution in [1.82, 2.24) is 4.90 Å². The van der Waals surface area contributed by atoms with Crippen molar-refractivity contribution in [3.8, 4) is 10.6 Å². The smallest absolute Gasteiger partial charge is 0.223 e. The second-order valence-electron chi connectivity index (χ2n) is 7.33. The highest BCUT2D eigenvalue weighted by atomic mass is 32.1. The number of piperidine rings is 1. The van der Waals surface area contributed by atoms with Gasteiger partial charge in [-0.25, -0.2) is 0 Å². The molecule has 3 heterocycles. The molecule has 0 unspecified atom stereocenters. The molecule has 1 aliphatic heterocycles. The SMILES string of the molecule is CO[C@@H]1C[C@H](O)C12CCN(C(=O)CCc1ccc(-c3cccs3)o1)CC2. The van der Waals surface area contributed by atoms with Gasteiger partial charge >= 0.3 is 0 Å². The maximum atomic E-state index is 12.5. The molecule has 2 atom stereocenters. The van der Waals surface area contributed by atoms with Crippen molar-refractivity contribution < 1.29 is 19.1 Å². The van der Waals surface area contributed by atoms with E-state index in [0.717, 1.165) is 35.7 Å². The molecule has 1 amide bonds. The van der Waals surface area contributed by atoms with E-state index in [1.807, 2.05) is 34.5 Å². The molecule has 140 valence electrons. The summed E-state index contributed by atoms with van der Waals surface area (Å²) in [5.41, 5.74) is -0.137. The van der Waals surface area contributed by atoms with Gasteiger partial charge in [0.25, 0.3) is 0 Å². The van der Waals surface area contributed by atoms with Gasteiger partial charge in [-0.15, -0.1) is 11.3 Å². The Hall–Kier alpha value is -1.63. The van der Waals surface area contributed by atoms with E-state index < -0.39 is 0 Å². The lowest BCUT2D eigenvalue weighted by molar-refractivity contribution is -0.202. The fraction of sp³-hybridized carbons (Fsp3) is 0.550. The monoisotopic (exact) mass is 375 g/mol. The molecular formula is C20H25NO4S. The molecule has 6 heteroatoms. The van der Waals surface area contributed by atoms with E-state index in [1.54, 1.807) is 18.4 Å². The molecule has 2 fully saturated rings. The molecule has 0 bridgehead atoms. The first kappa shape index (κ1) is 17.8. The van der Waals surface area contributed by atoms with Crippen LogP contribution in [0.2, 0.25) is 0 Å². The Labute approximate surface area is 157 Å². The van der Waals surface area contributed by atoms with Gasteiger partial charge in [0.05, 0.1) is 17.1 Å². The fourth-order valence-electron chi connectivity index (χ4n) is 4.34. The maximum Gasteiger partial charge on any atom is 0.223 e. The van der Waals surface area contributed by atoms with Crippen LogP contribution in [0.3, 0.4) is 0 Å². The Morgan fingerprint density at radius 3 is 2.85 bits per heavy atom. The number of ether oxygens (including phenoxy) is 1. The van der Waals surface area contributed by atoms with Gasteiger partial charge < -0.3 is 19.2 Å². The summed E-state index contributed by atoms with van der Waals surface area (Å²) in [4.78, 5) is 15.6. The Kier molecular flexibility index (Phi) is 4.90. The summed E-state index contributed by atoms with van der Waals surface area (Å²) < 4.78 is 11.4. The van der Waals surface area contributed by atoms with Crippen LogP contribution in [0.1, 0.15) is 31.4 Å². The zero-order valence-electron chi connectivity index (χ0n) is 15.0. The summed E-state index contributed by atoms with van der Waals surface area (Å²) in [7, 11) is 1.71. The van der Waals surface area contributed by atoms with Gasteiger partial charge in [0.1, 0.15) is 11.5 Å². The number of furan rings is 1. The minimum atomic E-state index is -0.288. The van der Waals surface area contributed by atoms with Crippen molar-refractivity contribution >= 4 is 17.2 Å². The molecule has 4 rings (SSSR count). The van der Waals surface area contributed by atoms with Crippen molar-refractivity contribution in [1.29, 1.82) is 0 Å². The first-order valence-corrected chi connectivity index (χ1v) is 10.1. The van der Waals surface area contributed by atoms with Gasteiger partial charge in [0, 0.05) is 44.9 Å². The number of hydrogen-bond acceptors (Lipinski definition) is 5. The lowest BCUT2D eigenvalue weighted by Crippen LogP contribution is -2.62. The summed E-state index contributed by atoms with van der Waals surface area (Å²) in [6.07, 6.45) is 3.28. The summed E-state index contributed by atoms with van der Waals surface area (Å²) >= 11 is 1.65. The van der Waals surface area contributed by atoms with E-state index >= 15 is 0 Å². The molecule has 26 heavy (non-hydrogen) atoms. The van der Waals surface area contributed by atoms with Crippen LogP contribution < -0.4 is 0 Å². The van der Waals surface area contributed by atoms with Gasteiger partial charge in [0.2, 0.25) is 5.91 Å². The molecule has 5 nitrogen and oxygen atoms in total. The van der Waals surface area contributed by atoms with E-state index in [-0.39, 0.29) is 23.5 Å². The van der Waals surface area contributed by atoms with Crippen LogP contribution in [0, 0.1) is 5.41 Å². The van der Waals surface area contributed by atoms with Gasteiger partial charge in [-0.3, -0.25) is 4.79 Å². The highest BCUT2D eigenvalue weighted by Gasteiger charge is 2.56. The number of likely N-dealkylation sites (tertiary alicyclic amines) is 1. The van der Waals surface area contributed by atoms with E-state index in [0.29, 0.717) is 25.9 Å². The highest BCUT2D eigenvalue weighted by molar-refractivity contribution is 7.13. The minimum Gasteiger partial charge on any atom is -0.460 e. The number of thiophene rings is 1. The topological polar surface area (TPSA) is 62.9 Å². The van der Waals surface area contributed by atoms with Crippen LogP contribution in [0.15, 0.2) is 34.1 Å². The van der Waals surface area contributed by atoms with Crippen molar-refractivity contribution in [2.45, 2.75) is 44.3 Å². The Balaban J connectivity index is 1.28. The molecule has 1 saturated heterocycles. The first-order chi connectivity index (χ1) is 12.6. The van der Waals surface area contributed by atoms with Crippen molar-refractivity contribution in [3.63, 3.8) is 0 Å². The molecular weight excluding hydrogens is 350 g/mol. The van der Waals surface area contributed by atoms with E-state index in [2.05, 4.69) is 0 Å². The lowest BCUT2D eigenvalue weighted by atomic mass is 9.58. The summed E-state index contributed by atoms with van der Waals surface area (Å²) in [6, 6.07) is 7.97. The van der Waals surface area contributed by atoms with Crippen LogP contribution >= 0.6 is 11.3 Å². The van der Waals surface area contributed by atoms with E-state index in [1.165, 1.54) is 0 Å². The lowest BCUT2D eigenvalue weighted by Gasteiger charge is -2.56. The van der Waals surface area contributed by atoms with Crippen molar-refractivity contribution in [2.24, 2.45) is 5.41 Å². The summed E-state index contributed by atoms with van der Waals surface area (Å²) in [5, 5.41) is 12.2. The van der Waals surface area contributed by atoms with Gasteiger partial charge in [-0.2, -0.15) is 0 Å². The number of nitrogens with zero attached hydrogens (tertiary/aromatic N) is 1. The molecule has 0 radical (unpaired) electrons. The van der Waals surface area contributed by atoms with Crippen molar-refractivity contribution in [2.75, 3.05) is 20.2 Å². The van der Waals surface area contributed by atoms with Gasteiger partial charge in [-0.05, 0) is 36.4 Å². The van der Waals surface area contributed by atoms with Crippen LogP contribution in [-0.2, 0) is 16.0 Å². The van der Waals surface area contributed by atoms with Gasteiger partial charge in [0.15, 0.2) is 0 Å². The quantitative estimate of drug-likeness (QED) is 0.871. The summed E-state index contributed by atoms with van der Waals surface area (Å²) in [6.45, 7) is 1.41. The number of carbonyl (C=O) groups is 1. The van der Waals surface area contributed by atoms with Crippen LogP contribution in [0.5, 0.6) is 0 Å². The molecule has 1 aliphatic carbocycles. The molecule has 2 aromatic rings. The standard InChI is InChI=1S/C20H25NO4S/c1-24-18-13-17(22)20(18)8-10-21(11-9-20)19(23)7-5-14-4-6-15(25-14)16-3-2-12-26-16/h2-4,6,12,17-18,22H,5,7-11,13H2,1H3/t17-,18+/m0/s1. The minimum absolute atomic E-state index is 0.133. The number of aryl methyl sites for hydroxylation is 1. The number of hydrogen-bond donors (Lipinski definition) is 1. The number of aliphatic hydroxyl groups is 1. The first-order valence-electron chi connectivity index (χ1n) is 9.23. The third kappa shape index (κ3) is 3.10. The third-order valence-electron chi connectivity index (χ3n) is 6.08. The fourth-order valence-corrected chi connectivity index (χ4v) is 5.02. The van der Waals surface area contributed by atoms with Crippen LogP contribution in [0.25, 0.3) is 10.6 Å². The molecule has 2 aromatic heterocycles. The van der Waals surface area contributed by atoms with Crippen LogP contribution in [-0.4, -0.2) is 48.3 Å².